The van der Waals surface area contributed by atoms with E-state index in [9.17, 15) is 4.79 Å². The molecule has 3 heteroatoms. The fourth-order valence-electron chi connectivity index (χ4n) is 4.69. The molecule has 0 spiro atoms. The third-order valence-electron chi connectivity index (χ3n) is 5.40. The molecule has 0 radical (unpaired) electrons. The fourth-order valence-corrected chi connectivity index (χ4v) is 4.69. The topological polar surface area (TPSA) is 60.6 Å². The molecule has 0 unspecified atom stereocenters. The molecule has 3 nitrogen and oxygen atoms in total. The molecule has 3 aliphatic rings. The largest absolute Gasteiger partial charge is 0.412 e. The van der Waals surface area contributed by atoms with Crippen molar-refractivity contribution in [1.82, 2.24) is 5.32 Å². The van der Waals surface area contributed by atoms with E-state index in [1.807, 2.05) is 0 Å². The van der Waals surface area contributed by atoms with Gasteiger partial charge in [-0.15, -0.1) is 0 Å². The van der Waals surface area contributed by atoms with E-state index < -0.39 is 0 Å². The van der Waals surface area contributed by atoms with Crippen molar-refractivity contribution in [2.45, 2.75) is 43.6 Å². The van der Waals surface area contributed by atoms with Crippen molar-refractivity contribution in [3.8, 4) is 0 Å². The number of nitrogens with one attached hydrogen (secondary N) is 1. The summed E-state index contributed by atoms with van der Waals surface area (Å²) < 4.78 is 0. The Morgan fingerprint density at radius 3 is 3.00 bits per heavy atom. The summed E-state index contributed by atoms with van der Waals surface area (Å²) in [4.78, 5) is 12.7. The van der Waals surface area contributed by atoms with Crippen LogP contribution in [0.4, 0.5) is 0 Å². The van der Waals surface area contributed by atoms with E-state index in [1.165, 1.54) is 17.5 Å². The van der Waals surface area contributed by atoms with Gasteiger partial charge in [0, 0.05) is 12.5 Å². The Kier molecular flexibility index (Phi) is 2.99. The van der Waals surface area contributed by atoms with Crippen LogP contribution in [-0.4, -0.2) is 23.8 Å². The molecule has 19 heavy (non-hydrogen) atoms. The van der Waals surface area contributed by atoms with E-state index >= 15 is 0 Å². The molecule has 1 saturated carbocycles. The number of fused-ring (bicyclic) bond motifs is 1. The first-order valence-corrected chi connectivity index (χ1v) is 7.17. The van der Waals surface area contributed by atoms with Crippen molar-refractivity contribution in [3.63, 3.8) is 0 Å². The van der Waals surface area contributed by atoms with Crippen LogP contribution in [0.2, 0.25) is 0 Å². The third kappa shape index (κ3) is 1.55. The van der Waals surface area contributed by atoms with Gasteiger partial charge in [0.15, 0.2) is 0 Å². The van der Waals surface area contributed by atoms with Crippen LogP contribution in [0.25, 0.3) is 0 Å². The Hall–Kier alpha value is -1.19. The number of carbonyl (C=O) groups excluding carboxylic acids is 1. The van der Waals surface area contributed by atoms with Crippen molar-refractivity contribution >= 4 is 5.78 Å². The lowest BCUT2D eigenvalue weighted by atomic mass is 9.52. The Morgan fingerprint density at radius 1 is 1.26 bits per heavy atom. The van der Waals surface area contributed by atoms with Crippen LogP contribution >= 0.6 is 0 Å². The minimum absolute atomic E-state index is 0. The number of Topliss-reactive ketones (excluding diaryl/α,β-unsaturated/α-hetero) is 1. The second kappa shape index (κ2) is 4.43. The van der Waals surface area contributed by atoms with E-state index in [0.717, 1.165) is 32.2 Å². The molecule has 2 bridgehead atoms. The van der Waals surface area contributed by atoms with Crippen LogP contribution in [0.5, 0.6) is 0 Å². The Balaban J connectivity index is 0.00000110. The quantitative estimate of drug-likeness (QED) is 0.765. The predicted molar refractivity (Wildman–Crippen MR) is 74.2 cm³/mol. The van der Waals surface area contributed by atoms with Crippen molar-refractivity contribution in [1.29, 1.82) is 0 Å². The zero-order chi connectivity index (χ0) is 12.2. The standard InChI is InChI=1S/C16H19NO.H2O/c18-15-7-3-6-13-14-10-11-4-1-2-5-12(11)16(13,15)8-9-17-14;/h1-2,4-5,13-14,17H,3,6-10H2;1H2/t13-,14+,16+;/m0./s1. The number of benzene rings is 1. The molecular weight excluding hydrogens is 238 g/mol. The zero-order valence-electron chi connectivity index (χ0n) is 11.1. The van der Waals surface area contributed by atoms with Crippen molar-refractivity contribution in [2.24, 2.45) is 5.92 Å². The summed E-state index contributed by atoms with van der Waals surface area (Å²) in [6.07, 6.45) is 5.21. The summed E-state index contributed by atoms with van der Waals surface area (Å²) in [6, 6.07) is 9.17. The number of carbonyl (C=O) groups is 1. The van der Waals surface area contributed by atoms with Gasteiger partial charge in [0.25, 0.3) is 0 Å². The first-order valence-electron chi connectivity index (χ1n) is 7.17. The van der Waals surface area contributed by atoms with Crippen molar-refractivity contribution in [2.75, 3.05) is 6.54 Å². The van der Waals surface area contributed by atoms with Crippen LogP contribution in [0.15, 0.2) is 24.3 Å². The molecule has 2 aliphatic carbocycles. The van der Waals surface area contributed by atoms with Crippen LogP contribution in [0, 0.1) is 5.92 Å². The summed E-state index contributed by atoms with van der Waals surface area (Å²) in [5, 5.41) is 3.65. The van der Waals surface area contributed by atoms with Gasteiger partial charge in [0.05, 0.1) is 5.41 Å². The molecule has 3 atom stereocenters. The number of ketones is 1. The maximum absolute atomic E-state index is 12.7. The molecule has 3 N–H and O–H groups in total. The van der Waals surface area contributed by atoms with Crippen molar-refractivity contribution in [3.05, 3.63) is 35.4 Å². The summed E-state index contributed by atoms with van der Waals surface area (Å²) >= 11 is 0. The molecule has 1 aromatic carbocycles. The lowest BCUT2D eigenvalue weighted by Gasteiger charge is -2.54. The average Bonchev–Trinajstić information content (AvgIpc) is 2.39. The lowest BCUT2D eigenvalue weighted by Crippen LogP contribution is -2.62. The summed E-state index contributed by atoms with van der Waals surface area (Å²) in [6.45, 7) is 1.00. The second-order valence-corrected chi connectivity index (χ2v) is 6.07. The number of rotatable bonds is 0. The van der Waals surface area contributed by atoms with E-state index in [0.29, 0.717) is 17.7 Å². The molecule has 1 heterocycles. The van der Waals surface area contributed by atoms with E-state index in [4.69, 9.17) is 0 Å². The molecule has 0 aromatic heterocycles. The van der Waals surface area contributed by atoms with Gasteiger partial charge in [0.1, 0.15) is 5.78 Å². The minimum Gasteiger partial charge on any atom is -0.412 e. The molecule has 0 amide bonds. The number of piperidine rings is 1. The van der Waals surface area contributed by atoms with Gasteiger partial charge in [-0.05, 0) is 49.3 Å². The molecular formula is C16H21NO2. The highest BCUT2D eigenvalue weighted by molar-refractivity contribution is 5.92. The van der Waals surface area contributed by atoms with Crippen LogP contribution in [-0.2, 0) is 16.6 Å². The normalized spacial score (nSPS) is 35.9. The summed E-state index contributed by atoms with van der Waals surface area (Å²) in [5.74, 6) is 1.06. The van der Waals surface area contributed by atoms with E-state index in [-0.39, 0.29) is 10.9 Å². The highest BCUT2D eigenvalue weighted by Gasteiger charge is 2.55. The van der Waals surface area contributed by atoms with E-state index in [2.05, 4.69) is 29.6 Å². The molecule has 1 saturated heterocycles. The SMILES string of the molecule is O.O=C1CCC[C@H]2[C@H]3Cc4ccccc4[C@@]12CCN3. The Morgan fingerprint density at radius 2 is 2.11 bits per heavy atom. The second-order valence-electron chi connectivity index (χ2n) is 6.07. The number of hydrogen-bond donors (Lipinski definition) is 1. The van der Waals surface area contributed by atoms with Crippen LogP contribution in [0.1, 0.15) is 36.8 Å². The lowest BCUT2D eigenvalue weighted by molar-refractivity contribution is -0.132. The first-order chi connectivity index (χ1) is 8.82. The van der Waals surface area contributed by atoms with Crippen LogP contribution in [0.3, 0.4) is 0 Å². The maximum atomic E-state index is 12.7. The average molecular weight is 259 g/mol. The van der Waals surface area contributed by atoms with Crippen molar-refractivity contribution < 1.29 is 10.3 Å². The summed E-state index contributed by atoms with van der Waals surface area (Å²) in [7, 11) is 0. The van der Waals surface area contributed by atoms with Crippen LogP contribution < -0.4 is 5.32 Å². The van der Waals surface area contributed by atoms with Gasteiger partial charge in [-0.2, -0.15) is 0 Å². The zero-order valence-corrected chi connectivity index (χ0v) is 11.1. The third-order valence-corrected chi connectivity index (χ3v) is 5.40. The Bertz CT molecular complexity index is 513. The highest BCUT2D eigenvalue weighted by Crippen LogP contribution is 2.51. The van der Waals surface area contributed by atoms with Gasteiger partial charge in [-0.3, -0.25) is 4.79 Å². The smallest absolute Gasteiger partial charge is 0.143 e. The number of hydrogen-bond acceptors (Lipinski definition) is 2. The van der Waals surface area contributed by atoms with E-state index in [1.54, 1.807) is 0 Å². The van der Waals surface area contributed by atoms with Gasteiger partial charge >= 0.3 is 0 Å². The molecule has 1 aliphatic heterocycles. The monoisotopic (exact) mass is 259 g/mol. The van der Waals surface area contributed by atoms with Gasteiger partial charge in [-0.25, -0.2) is 0 Å². The maximum Gasteiger partial charge on any atom is 0.143 e. The Labute approximate surface area is 113 Å². The minimum atomic E-state index is -0.136. The summed E-state index contributed by atoms with van der Waals surface area (Å²) in [5.41, 5.74) is 2.63. The van der Waals surface area contributed by atoms with Gasteiger partial charge < -0.3 is 10.8 Å². The molecule has 4 rings (SSSR count). The molecule has 102 valence electrons. The highest BCUT2D eigenvalue weighted by atomic mass is 16.1. The predicted octanol–water partition coefficient (Wildman–Crippen LogP) is 1.39. The molecule has 2 fully saturated rings. The van der Waals surface area contributed by atoms with Gasteiger partial charge in [0.2, 0.25) is 0 Å². The fraction of sp³-hybridized carbons (Fsp3) is 0.562. The first kappa shape index (κ1) is 12.8. The van der Waals surface area contributed by atoms with Gasteiger partial charge in [-0.1, -0.05) is 24.3 Å². The molecule has 1 aromatic rings.